The normalized spacial score (nSPS) is 17.2. The summed E-state index contributed by atoms with van der Waals surface area (Å²) < 4.78 is 12.6. The van der Waals surface area contributed by atoms with Crippen molar-refractivity contribution >= 4 is 34.7 Å². The number of rotatable bonds is 7. The first kappa shape index (κ1) is 25.9. The molecule has 1 saturated heterocycles. The Morgan fingerprint density at radius 2 is 1.41 bits per heavy atom. The molecule has 39 heavy (non-hydrogen) atoms. The Bertz CT molecular complexity index is 1510. The van der Waals surface area contributed by atoms with Crippen LogP contribution in [-0.4, -0.2) is 39.8 Å². The van der Waals surface area contributed by atoms with Gasteiger partial charge in [-0.3, -0.25) is 14.4 Å². The van der Waals surface area contributed by atoms with E-state index in [-0.39, 0.29) is 32.0 Å². The number of likely N-dealkylation sites (tertiary alicyclic amines) is 1. The van der Waals surface area contributed by atoms with Crippen LogP contribution in [-0.2, 0) is 39.3 Å². The zero-order valence-corrected chi connectivity index (χ0v) is 21.5. The largest absolute Gasteiger partial charge is 0.460 e. The van der Waals surface area contributed by atoms with Gasteiger partial charge < -0.3 is 14.0 Å². The number of aryl methyl sites for hydroxylation is 1. The fourth-order valence-electron chi connectivity index (χ4n) is 4.94. The van der Waals surface area contributed by atoms with Gasteiger partial charge >= 0.3 is 12.1 Å². The number of esters is 1. The van der Waals surface area contributed by atoms with Gasteiger partial charge in [0.2, 0.25) is 5.91 Å². The Labute approximate surface area is 225 Å². The second kappa shape index (κ2) is 11.3. The van der Waals surface area contributed by atoms with Gasteiger partial charge in [-0.1, -0.05) is 78.9 Å². The summed E-state index contributed by atoms with van der Waals surface area (Å²) in [7, 11) is 1.77. The van der Waals surface area contributed by atoms with Gasteiger partial charge in [-0.15, -0.1) is 0 Å². The van der Waals surface area contributed by atoms with Crippen LogP contribution in [0, 0.1) is 11.8 Å². The summed E-state index contributed by atoms with van der Waals surface area (Å²) in [5.41, 5.74) is 2.75. The standard InChI is InChI=1S/C31H28N2O6/c1-32-25-15-9-8-14-23(25)18-26(32)28(34)24-16-17-33(31(37)39-20-22-12-6-3-7-13-22)29(35)27(24)30(36)38-19-21-10-4-2-5-11-21/h2-15,18,24,27H,16-17,19-20H2,1H3/t24-,27+/m1/s1. The number of hydrogen-bond acceptors (Lipinski definition) is 6. The lowest BCUT2D eigenvalue weighted by molar-refractivity contribution is -0.160. The van der Waals surface area contributed by atoms with E-state index >= 15 is 0 Å². The minimum atomic E-state index is -1.47. The zero-order valence-electron chi connectivity index (χ0n) is 21.5. The van der Waals surface area contributed by atoms with Gasteiger partial charge in [-0.25, -0.2) is 9.69 Å². The Kier molecular flexibility index (Phi) is 7.54. The van der Waals surface area contributed by atoms with Crippen molar-refractivity contribution in [2.75, 3.05) is 6.54 Å². The van der Waals surface area contributed by atoms with E-state index in [2.05, 4.69) is 0 Å². The van der Waals surface area contributed by atoms with Crippen LogP contribution in [0.5, 0.6) is 0 Å². The highest BCUT2D eigenvalue weighted by Crippen LogP contribution is 2.32. The maximum Gasteiger partial charge on any atom is 0.416 e. The molecule has 1 fully saturated rings. The van der Waals surface area contributed by atoms with E-state index < -0.39 is 29.8 Å². The number of imide groups is 1. The molecule has 4 aromatic rings. The molecule has 1 aliphatic heterocycles. The van der Waals surface area contributed by atoms with Crippen molar-refractivity contribution in [3.05, 3.63) is 108 Å². The van der Waals surface area contributed by atoms with E-state index in [1.54, 1.807) is 41.9 Å². The van der Waals surface area contributed by atoms with Gasteiger partial charge in [0.05, 0.1) is 5.69 Å². The second-order valence-corrected chi connectivity index (χ2v) is 9.51. The molecule has 198 valence electrons. The van der Waals surface area contributed by atoms with Crippen LogP contribution in [0.2, 0.25) is 0 Å². The molecule has 3 aromatic carbocycles. The van der Waals surface area contributed by atoms with Crippen LogP contribution in [0.4, 0.5) is 4.79 Å². The number of ketones is 1. The van der Waals surface area contributed by atoms with Gasteiger partial charge in [0.25, 0.3) is 0 Å². The van der Waals surface area contributed by atoms with Crippen molar-refractivity contribution in [2.24, 2.45) is 18.9 Å². The van der Waals surface area contributed by atoms with E-state index in [1.807, 2.05) is 60.7 Å². The summed E-state index contributed by atoms with van der Waals surface area (Å²) in [4.78, 5) is 54.5. The van der Waals surface area contributed by atoms with Crippen LogP contribution in [0.25, 0.3) is 10.9 Å². The highest BCUT2D eigenvalue weighted by Gasteiger charge is 2.48. The van der Waals surface area contributed by atoms with Crippen molar-refractivity contribution < 1.29 is 28.7 Å². The minimum absolute atomic E-state index is 0.0229. The number of aromatic nitrogens is 1. The topological polar surface area (TPSA) is 94.9 Å². The molecule has 0 aliphatic carbocycles. The maximum absolute atomic E-state index is 13.8. The third-order valence-electron chi connectivity index (χ3n) is 7.04. The molecule has 0 unspecified atom stereocenters. The first-order chi connectivity index (χ1) is 18.9. The van der Waals surface area contributed by atoms with Crippen molar-refractivity contribution in [3.63, 3.8) is 0 Å². The lowest BCUT2D eigenvalue weighted by Gasteiger charge is -2.34. The number of amides is 2. The lowest BCUT2D eigenvalue weighted by Crippen LogP contribution is -2.53. The molecule has 1 aromatic heterocycles. The van der Waals surface area contributed by atoms with Gasteiger partial charge in [-0.05, 0) is 29.7 Å². The number of piperidine rings is 1. The number of benzene rings is 3. The summed E-state index contributed by atoms with van der Waals surface area (Å²) in [5, 5.41) is 0.875. The second-order valence-electron chi connectivity index (χ2n) is 9.51. The van der Waals surface area contributed by atoms with Crippen LogP contribution in [0.15, 0.2) is 91.0 Å². The summed E-state index contributed by atoms with van der Waals surface area (Å²) in [6.45, 7) is -0.128. The van der Waals surface area contributed by atoms with E-state index in [9.17, 15) is 19.2 Å². The van der Waals surface area contributed by atoms with E-state index in [4.69, 9.17) is 9.47 Å². The summed E-state index contributed by atoms with van der Waals surface area (Å²) in [5.74, 6) is -4.45. The quantitative estimate of drug-likeness (QED) is 0.194. The number of nitrogens with zero attached hydrogens (tertiary/aromatic N) is 2. The van der Waals surface area contributed by atoms with E-state index in [0.29, 0.717) is 5.69 Å². The molecule has 2 amide bonds. The number of fused-ring (bicyclic) bond motifs is 1. The number of hydrogen-bond donors (Lipinski definition) is 0. The monoisotopic (exact) mass is 524 g/mol. The molecule has 8 nitrogen and oxygen atoms in total. The van der Waals surface area contributed by atoms with Crippen LogP contribution < -0.4 is 0 Å². The maximum atomic E-state index is 13.8. The zero-order chi connectivity index (χ0) is 27.4. The third-order valence-corrected chi connectivity index (χ3v) is 7.04. The molecular formula is C31H28N2O6. The lowest BCUT2D eigenvalue weighted by atomic mass is 9.80. The summed E-state index contributed by atoms with van der Waals surface area (Å²) >= 11 is 0. The molecular weight excluding hydrogens is 496 g/mol. The predicted molar refractivity (Wildman–Crippen MR) is 143 cm³/mol. The summed E-state index contributed by atoms with van der Waals surface area (Å²) in [6.07, 6.45) is -0.752. The van der Waals surface area contributed by atoms with Gasteiger partial charge in [0.1, 0.15) is 19.1 Å². The van der Waals surface area contributed by atoms with Crippen LogP contribution in [0.3, 0.4) is 0 Å². The Morgan fingerprint density at radius 3 is 2.05 bits per heavy atom. The molecule has 2 atom stereocenters. The number of carbonyl (C=O) groups is 4. The first-order valence-electron chi connectivity index (χ1n) is 12.8. The highest BCUT2D eigenvalue weighted by atomic mass is 16.6. The number of para-hydroxylation sites is 1. The minimum Gasteiger partial charge on any atom is -0.460 e. The molecule has 0 bridgehead atoms. The summed E-state index contributed by atoms with van der Waals surface area (Å²) in [6, 6.07) is 27.4. The number of carbonyl (C=O) groups excluding carboxylic acids is 4. The molecule has 0 radical (unpaired) electrons. The average Bonchev–Trinajstić information content (AvgIpc) is 3.31. The van der Waals surface area contributed by atoms with Crippen molar-refractivity contribution in [1.82, 2.24) is 9.47 Å². The third kappa shape index (κ3) is 5.45. The molecule has 0 N–H and O–H groups in total. The highest BCUT2D eigenvalue weighted by molar-refractivity contribution is 6.11. The van der Waals surface area contributed by atoms with Crippen molar-refractivity contribution in [1.29, 1.82) is 0 Å². The molecule has 0 spiro atoms. The molecule has 0 saturated carbocycles. The number of ether oxygens (including phenoxy) is 2. The van der Waals surface area contributed by atoms with Crippen molar-refractivity contribution in [2.45, 2.75) is 19.6 Å². The van der Waals surface area contributed by atoms with Gasteiger partial charge in [0.15, 0.2) is 5.78 Å². The van der Waals surface area contributed by atoms with E-state index in [1.165, 1.54) is 0 Å². The van der Waals surface area contributed by atoms with Gasteiger partial charge in [0, 0.05) is 30.4 Å². The molecule has 2 heterocycles. The first-order valence-corrected chi connectivity index (χ1v) is 12.8. The number of Topliss-reactive ketones (excluding diaryl/α,β-unsaturated/α-hetero) is 1. The molecule has 5 rings (SSSR count). The Hall–Kier alpha value is -4.72. The smallest absolute Gasteiger partial charge is 0.416 e. The van der Waals surface area contributed by atoms with Crippen LogP contribution in [0.1, 0.15) is 28.0 Å². The Morgan fingerprint density at radius 1 is 0.821 bits per heavy atom. The van der Waals surface area contributed by atoms with E-state index in [0.717, 1.165) is 26.9 Å². The van der Waals surface area contributed by atoms with Crippen molar-refractivity contribution in [3.8, 4) is 0 Å². The van der Waals surface area contributed by atoms with Crippen LogP contribution >= 0.6 is 0 Å². The fraction of sp³-hybridized carbons (Fsp3) is 0.226. The SMILES string of the molecule is Cn1c(C(=O)[C@@H]2CCN(C(=O)OCc3ccccc3)C(=O)[C@H]2C(=O)OCc2ccccc2)cc2ccccc21. The fourth-order valence-corrected chi connectivity index (χ4v) is 4.94. The molecule has 1 aliphatic rings. The predicted octanol–water partition coefficient (Wildman–Crippen LogP) is 4.91. The molecule has 8 heteroatoms. The average molecular weight is 525 g/mol. The Balaban J connectivity index is 1.39. The van der Waals surface area contributed by atoms with Gasteiger partial charge in [-0.2, -0.15) is 0 Å².